The van der Waals surface area contributed by atoms with Crippen molar-refractivity contribution in [3.8, 4) is 5.75 Å². The van der Waals surface area contributed by atoms with E-state index < -0.39 is 13.1 Å². The average molecular weight is 280 g/mol. The minimum absolute atomic E-state index is 0.122. The monoisotopic (exact) mass is 280 g/mol. The summed E-state index contributed by atoms with van der Waals surface area (Å²) in [5.74, 6) is 0.577. The van der Waals surface area contributed by atoms with Crippen molar-refractivity contribution in [2.24, 2.45) is 5.92 Å². The average Bonchev–Trinajstić information content (AvgIpc) is 2.42. The summed E-state index contributed by atoms with van der Waals surface area (Å²) in [6.07, 6.45) is 7.17. The van der Waals surface area contributed by atoms with Crippen LogP contribution >= 0.6 is 0 Å². The summed E-state index contributed by atoms with van der Waals surface area (Å²) in [5, 5.41) is 17.4. The van der Waals surface area contributed by atoms with Crippen LogP contribution in [0.15, 0.2) is 18.2 Å². The molecule has 0 radical (unpaired) electrons. The Morgan fingerprint density at radius 1 is 1.25 bits per heavy atom. The molecule has 0 saturated heterocycles. The minimum atomic E-state index is -1.99. The van der Waals surface area contributed by atoms with Crippen LogP contribution in [0.4, 0.5) is 4.39 Å². The summed E-state index contributed by atoms with van der Waals surface area (Å²) < 4.78 is 18.4. The smallest absolute Gasteiger partial charge is 0.510 e. The van der Waals surface area contributed by atoms with E-state index in [2.05, 4.69) is 11.6 Å². The maximum absolute atomic E-state index is 13.8. The van der Waals surface area contributed by atoms with Crippen LogP contribution in [0.1, 0.15) is 56.9 Å². The third kappa shape index (κ3) is 3.96. The van der Waals surface area contributed by atoms with E-state index in [-0.39, 0.29) is 5.75 Å². The SMILES string of the molecule is CCCC1CCC(c2ccc(OB(O)O)c(F)c2)CC1. The molecule has 1 saturated carbocycles. The quantitative estimate of drug-likeness (QED) is 0.814. The first kappa shape index (κ1) is 15.3. The second-order valence-corrected chi connectivity index (χ2v) is 5.64. The Bertz CT molecular complexity index is 431. The van der Waals surface area contributed by atoms with E-state index in [0.717, 1.165) is 24.3 Å². The first-order valence-electron chi connectivity index (χ1n) is 7.42. The largest absolute Gasteiger partial charge is 0.707 e. The Kier molecular flexibility index (Phi) is 5.43. The Morgan fingerprint density at radius 2 is 1.95 bits per heavy atom. The van der Waals surface area contributed by atoms with Crippen LogP contribution < -0.4 is 4.65 Å². The van der Waals surface area contributed by atoms with Crippen molar-refractivity contribution in [2.75, 3.05) is 0 Å². The van der Waals surface area contributed by atoms with Crippen LogP contribution in [0.25, 0.3) is 0 Å². The van der Waals surface area contributed by atoms with Crippen LogP contribution in [-0.4, -0.2) is 17.4 Å². The molecule has 20 heavy (non-hydrogen) atoms. The minimum Gasteiger partial charge on any atom is -0.510 e. The highest BCUT2D eigenvalue weighted by atomic mass is 19.1. The molecule has 2 N–H and O–H groups in total. The van der Waals surface area contributed by atoms with Crippen molar-refractivity contribution in [2.45, 2.75) is 51.4 Å². The Balaban J connectivity index is 1.98. The molecule has 0 amide bonds. The molecule has 110 valence electrons. The highest BCUT2D eigenvalue weighted by Gasteiger charge is 2.23. The molecule has 1 aliphatic rings. The van der Waals surface area contributed by atoms with Gasteiger partial charge in [0.05, 0.1) is 0 Å². The molecular weight excluding hydrogens is 258 g/mol. The van der Waals surface area contributed by atoms with Crippen LogP contribution in [0.2, 0.25) is 0 Å². The Morgan fingerprint density at radius 3 is 2.50 bits per heavy atom. The molecule has 1 aromatic rings. The molecule has 1 aromatic carbocycles. The number of benzene rings is 1. The third-order valence-electron chi connectivity index (χ3n) is 4.20. The lowest BCUT2D eigenvalue weighted by Gasteiger charge is -2.28. The van der Waals surface area contributed by atoms with E-state index in [4.69, 9.17) is 10.0 Å². The van der Waals surface area contributed by atoms with Gasteiger partial charge in [0.1, 0.15) is 5.75 Å². The van der Waals surface area contributed by atoms with Crippen molar-refractivity contribution in [1.29, 1.82) is 0 Å². The van der Waals surface area contributed by atoms with Gasteiger partial charge in [-0.05, 0) is 55.2 Å². The fraction of sp³-hybridized carbons (Fsp3) is 0.600. The summed E-state index contributed by atoms with van der Waals surface area (Å²) in [6.45, 7) is 2.22. The summed E-state index contributed by atoms with van der Waals surface area (Å²) in [4.78, 5) is 0. The molecule has 5 heteroatoms. The van der Waals surface area contributed by atoms with Gasteiger partial charge in [0.2, 0.25) is 0 Å². The fourth-order valence-corrected chi connectivity index (χ4v) is 3.17. The summed E-state index contributed by atoms with van der Waals surface area (Å²) in [7, 11) is -1.99. The van der Waals surface area contributed by atoms with Crippen molar-refractivity contribution < 1.29 is 19.1 Å². The zero-order valence-electron chi connectivity index (χ0n) is 11.9. The Hall–Kier alpha value is -1.07. The van der Waals surface area contributed by atoms with Gasteiger partial charge >= 0.3 is 7.32 Å². The van der Waals surface area contributed by atoms with Crippen molar-refractivity contribution >= 4 is 7.32 Å². The third-order valence-corrected chi connectivity index (χ3v) is 4.20. The normalized spacial score (nSPS) is 22.6. The summed E-state index contributed by atoms with van der Waals surface area (Å²) >= 11 is 0. The van der Waals surface area contributed by atoms with Gasteiger partial charge < -0.3 is 14.7 Å². The fourth-order valence-electron chi connectivity index (χ4n) is 3.17. The van der Waals surface area contributed by atoms with Gasteiger partial charge in [0.15, 0.2) is 5.82 Å². The second-order valence-electron chi connectivity index (χ2n) is 5.64. The number of rotatable bonds is 5. The van der Waals surface area contributed by atoms with Crippen molar-refractivity contribution in [3.63, 3.8) is 0 Å². The maximum atomic E-state index is 13.8. The molecular formula is C15H22BFO3. The molecule has 0 bridgehead atoms. The summed E-state index contributed by atoms with van der Waals surface area (Å²) in [6, 6.07) is 4.76. The topological polar surface area (TPSA) is 49.7 Å². The highest BCUT2D eigenvalue weighted by Crippen LogP contribution is 2.38. The van der Waals surface area contributed by atoms with E-state index in [1.54, 1.807) is 0 Å². The second kappa shape index (κ2) is 7.09. The van der Waals surface area contributed by atoms with Gasteiger partial charge in [-0.15, -0.1) is 0 Å². The van der Waals surface area contributed by atoms with E-state index in [1.807, 2.05) is 6.07 Å². The molecule has 0 atom stereocenters. The molecule has 0 unspecified atom stereocenters. The van der Waals surface area contributed by atoms with Crippen LogP contribution in [-0.2, 0) is 0 Å². The van der Waals surface area contributed by atoms with Gasteiger partial charge in [0, 0.05) is 0 Å². The molecule has 3 nitrogen and oxygen atoms in total. The molecule has 0 aromatic heterocycles. The Labute approximate surface area is 120 Å². The van der Waals surface area contributed by atoms with E-state index >= 15 is 0 Å². The van der Waals surface area contributed by atoms with E-state index in [9.17, 15) is 4.39 Å². The van der Waals surface area contributed by atoms with Crippen molar-refractivity contribution in [1.82, 2.24) is 0 Å². The highest BCUT2D eigenvalue weighted by molar-refractivity contribution is 6.33. The van der Waals surface area contributed by atoms with Gasteiger partial charge in [-0.3, -0.25) is 0 Å². The lowest BCUT2D eigenvalue weighted by atomic mass is 9.77. The van der Waals surface area contributed by atoms with Gasteiger partial charge in [-0.1, -0.05) is 25.8 Å². The molecule has 2 rings (SSSR count). The van der Waals surface area contributed by atoms with Gasteiger partial charge in [0.25, 0.3) is 0 Å². The lowest BCUT2D eigenvalue weighted by Crippen LogP contribution is -2.21. The van der Waals surface area contributed by atoms with Crippen molar-refractivity contribution in [3.05, 3.63) is 29.6 Å². The van der Waals surface area contributed by atoms with Gasteiger partial charge in [-0.2, -0.15) is 0 Å². The molecule has 1 fully saturated rings. The molecule has 0 spiro atoms. The summed E-state index contributed by atoms with van der Waals surface area (Å²) in [5.41, 5.74) is 0.984. The van der Waals surface area contributed by atoms with Crippen LogP contribution in [0, 0.1) is 11.7 Å². The van der Waals surface area contributed by atoms with Crippen LogP contribution in [0.5, 0.6) is 5.75 Å². The van der Waals surface area contributed by atoms with Crippen LogP contribution in [0.3, 0.4) is 0 Å². The van der Waals surface area contributed by atoms with E-state index in [0.29, 0.717) is 5.92 Å². The predicted octanol–water partition coefficient (Wildman–Crippen LogP) is 3.25. The number of halogens is 1. The number of hydrogen-bond acceptors (Lipinski definition) is 3. The van der Waals surface area contributed by atoms with Gasteiger partial charge in [-0.25, -0.2) is 4.39 Å². The zero-order chi connectivity index (χ0) is 14.5. The molecule has 1 aliphatic carbocycles. The predicted molar refractivity (Wildman–Crippen MR) is 76.8 cm³/mol. The molecule has 0 aliphatic heterocycles. The number of hydrogen-bond donors (Lipinski definition) is 2. The van der Waals surface area contributed by atoms with E-state index in [1.165, 1.54) is 37.8 Å². The first-order chi connectivity index (χ1) is 9.60. The zero-order valence-corrected chi connectivity index (χ0v) is 11.9. The molecule has 0 heterocycles. The standard InChI is InChI=1S/C15H22BFO3/c1-2-3-11-4-6-12(7-5-11)13-8-9-15(14(17)10-13)20-16(18)19/h8-12,18-19H,2-7H2,1H3. The lowest BCUT2D eigenvalue weighted by molar-refractivity contribution is 0.281. The first-order valence-corrected chi connectivity index (χ1v) is 7.42. The maximum Gasteiger partial charge on any atom is 0.707 e.